The van der Waals surface area contributed by atoms with Crippen LogP contribution in [0.1, 0.15) is 42.0 Å². The number of pyridine rings is 1. The molecule has 0 aliphatic carbocycles. The number of aromatic nitrogens is 1. The molecule has 2 fully saturated rings. The first kappa shape index (κ1) is 23.8. The van der Waals surface area contributed by atoms with Gasteiger partial charge in [-0.3, -0.25) is 14.8 Å². The number of carbonyl (C=O) groups excluding carboxylic acids is 1. The largest absolute Gasteiger partial charge is 0.495 e. The lowest BCUT2D eigenvalue weighted by atomic mass is 9.70. The van der Waals surface area contributed by atoms with Crippen molar-refractivity contribution in [2.75, 3.05) is 20.2 Å². The van der Waals surface area contributed by atoms with E-state index in [0.29, 0.717) is 24.9 Å². The second kappa shape index (κ2) is 9.63. The van der Waals surface area contributed by atoms with E-state index in [-0.39, 0.29) is 6.09 Å². The zero-order chi connectivity index (χ0) is 25.2. The molecule has 1 amide bonds. The second-order valence-corrected chi connectivity index (χ2v) is 9.66. The number of hydrogen-bond donors (Lipinski definition) is 0. The number of ether oxygens (including phenoxy) is 2. The minimum Gasteiger partial charge on any atom is -0.495 e. The van der Waals surface area contributed by atoms with Crippen molar-refractivity contribution >= 4 is 6.09 Å². The number of piperidine rings is 1. The van der Waals surface area contributed by atoms with Crippen molar-refractivity contribution in [2.45, 2.75) is 44.0 Å². The van der Waals surface area contributed by atoms with Crippen molar-refractivity contribution in [3.05, 3.63) is 95.3 Å². The molecule has 1 atom stereocenters. The number of rotatable bonds is 6. The fourth-order valence-electron chi connectivity index (χ4n) is 5.67. The van der Waals surface area contributed by atoms with E-state index in [1.165, 1.54) is 0 Å². The van der Waals surface area contributed by atoms with E-state index >= 15 is 0 Å². The Balaban J connectivity index is 1.44. The predicted molar refractivity (Wildman–Crippen MR) is 135 cm³/mol. The first-order valence-electron chi connectivity index (χ1n) is 12.2. The molecule has 1 aromatic heterocycles. The van der Waals surface area contributed by atoms with E-state index < -0.39 is 11.1 Å². The molecule has 0 radical (unpaired) electrons. The molecule has 0 saturated carbocycles. The fourth-order valence-corrected chi connectivity index (χ4v) is 5.67. The summed E-state index contributed by atoms with van der Waals surface area (Å²) in [7, 11) is 1.64. The summed E-state index contributed by atoms with van der Waals surface area (Å²) in [5.41, 5.74) is 2.17. The van der Waals surface area contributed by atoms with Gasteiger partial charge in [-0.2, -0.15) is 5.26 Å². The molecule has 3 aromatic rings. The summed E-state index contributed by atoms with van der Waals surface area (Å²) in [5.74, 6) is 0.746. The first-order valence-corrected chi connectivity index (χ1v) is 12.2. The van der Waals surface area contributed by atoms with Crippen molar-refractivity contribution in [3.8, 4) is 11.8 Å². The maximum absolute atomic E-state index is 13.5. The molecular weight excluding hydrogens is 452 g/mol. The van der Waals surface area contributed by atoms with Crippen LogP contribution in [-0.4, -0.2) is 46.7 Å². The lowest BCUT2D eigenvalue weighted by molar-refractivity contribution is -0.0614. The maximum Gasteiger partial charge on any atom is 0.411 e. The average molecular weight is 483 g/mol. The third-order valence-corrected chi connectivity index (χ3v) is 7.81. The first-order chi connectivity index (χ1) is 17.5. The van der Waals surface area contributed by atoms with E-state index in [1.54, 1.807) is 19.4 Å². The SMILES string of the molecule is COc1cncc(CN2CCC3(CC2)OC(=O)N(Cc2ccccc2C#N)C3(C)c2ccccc2)c1. The Kier molecular flexibility index (Phi) is 6.38. The van der Waals surface area contributed by atoms with Crippen molar-refractivity contribution < 1.29 is 14.3 Å². The van der Waals surface area contributed by atoms with Gasteiger partial charge in [0.1, 0.15) is 16.9 Å². The monoisotopic (exact) mass is 482 g/mol. The summed E-state index contributed by atoms with van der Waals surface area (Å²) >= 11 is 0. The molecule has 2 aliphatic heterocycles. The Labute approximate surface area is 211 Å². The molecule has 5 rings (SSSR count). The number of methoxy groups -OCH3 is 1. The topological polar surface area (TPSA) is 78.7 Å². The van der Waals surface area contributed by atoms with E-state index in [2.05, 4.69) is 35.0 Å². The molecular formula is C29H30N4O3. The minimum absolute atomic E-state index is 0.314. The van der Waals surface area contributed by atoms with Gasteiger partial charge in [0.05, 0.1) is 31.5 Å². The van der Waals surface area contributed by atoms with Gasteiger partial charge in [0.2, 0.25) is 0 Å². The summed E-state index contributed by atoms with van der Waals surface area (Å²) in [6, 6.07) is 21.8. The molecule has 36 heavy (non-hydrogen) atoms. The van der Waals surface area contributed by atoms with Crippen LogP contribution < -0.4 is 4.74 Å². The van der Waals surface area contributed by atoms with Crippen LogP contribution in [0.15, 0.2) is 73.1 Å². The van der Waals surface area contributed by atoms with Crippen molar-refractivity contribution in [3.63, 3.8) is 0 Å². The van der Waals surface area contributed by atoms with Gasteiger partial charge in [-0.05, 0) is 35.7 Å². The number of nitrogens with zero attached hydrogens (tertiary/aromatic N) is 4. The van der Waals surface area contributed by atoms with E-state index in [4.69, 9.17) is 9.47 Å². The van der Waals surface area contributed by atoms with Crippen LogP contribution in [0.2, 0.25) is 0 Å². The van der Waals surface area contributed by atoms with Crippen molar-refractivity contribution in [2.24, 2.45) is 0 Å². The molecule has 7 nitrogen and oxygen atoms in total. The quantitative estimate of drug-likeness (QED) is 0.499. The summed E-state index contributed by atoms with van der Waals surface area (Å²) in [6.45, 7) is 4.76. The van der Waals surface area contributed by atoms with Gasteiger partial charge >= 0.3 is 6.09 Å². The van der Waals surface area contributed by atoms with Crippen LogP contribution in [0, 0.1) is 11.3 Å². The van der Waals surface area contributed by atoms with Gasteiger partial charge in [-0.1, -0.05) is 48.5 Å². The van der Waals surface area contributed by atoms with Crippen LogP contribution in [0.25, 0.3) is 0 Å². The van der Waals surface area contributed by atoms with E-state index in [1.807, 2.05) is 53.6 Å². The molecule has 1 unspecified atom stereocenters. The smallest absolute Gasteiger partial charge is 0.411 e. The predicted octanol–water partition coefficient (Wildman–Crippen LogP) is 4.86. The van der Waals surface area contributed by atoms with Gasteiger partial charge in [-0.25, -0.2) is 4.79 Å². The van der Waals surface area contributed by atoms with Gasteiger partial charge in [-0.15, -0.1) is 0 Å². The average Bonchev–Trinajstić information content (AvgIpc) is 3.12. The Hall–Kier alpha value is -3.89. The number of nitriles is 1. The zero-order valence-corrected chi connectivity index (χ0v) is 20.7. The van der Waals surface area contributed by atoms with E-state index in [0.717, 1.165) is 42.1 Å². The summed E-state index contributed by atoms with van der Waals surface area (Å²) in [5, 5.41) is 9.63. The highest BCUT2D eigenvalue weighted by molar-refractivity contribution is 5.74. The highest BCUT2D eigenvalue weighted by Crippen LogP contribution is 2.52. The standard InChI is InChI=1S/C29H30N4O3/c1-28(25-10-4-3-5-11-25)29(36-27(34)33(28)21-24-9-7-6-8-23(24)17-30)12-14-32(15-13-29)20-22-16-26(35-2)19-31-18-22/h3-11,16,18-19H,12-15,20-21H2,1-2H3. The molecule has 2 aromatic carbocycles. The van der Waals surface area contributed by atoms with Crippen LogP contribution in [0.5, 0.6) is 5.75 Å². The Morgan fingerprint density at radius 2 is 1.78 bits per heavy atom. The number of carbonyl (C=O) groups is 1. The Morgan fingerprint density at radius 3 is 2.50 bits per heavy atom. The number of amides is 1. The lowest BCUT2D eigenvalue weighted by Gasteiger charge is -2.48. The zero-order valence-electron chi connectivity index (χ0n) is 20.7. The molecule has 7 heteroatoms. The van der Waals surface area contributed by atoms with Gasteiger partial charge in [0.15, 0.2) is 0 Å². The van der Waals surface area contributed by atoms with Crippen LogP contribution in [-0.2, 0) is 23.4 Å². The van der Waals surface area contributed by atoms with Gasteiger partial charge < -0.3 is 9.47 Å². The number of hydrogen-bond acceptors (Lipinski definition) is 6. The summed E-state index contributed by atoms with van der Waals surface area (Å²) in [6.07, 6.45) is 4.65. The van der Waals surface area contributed by atoms with Crippen LogP contribution >= 0.6 is 0 Å². The second-order valence-electron chi connectivity index (χ2n) is 9.66. The lowest BCUT2D eigenvalue weighted by Crippen LogP contribution is -2.58. The van der Waals surface area contributed by atoms with Crippen LogP contribution in [0.4, 0.5) is 4.79 Å². The van der Waals surface area contributed by atoms with E-state index in [9.17, 15) is 10.1 Å². The molecule has 0 bridgehead atoms. The van der Waals surface area contributed by atoms with Crippen molar-refractivity contribution in [1.82, 2.24) is 14.8 Å². The van der Waals surface area contributed by atoms with Gasteiger partial charge in [0, 0.05) is 38.7 Å². The Morgan fingerprint density at radius 1 is 1.06 bits per heavy atom. The molecule has 2 aliphatic rings. The minimum atomic E-state index is -0.683. The molecule has 2 saturated heterocycles. The summed E-state index contributed by atoms with van der Waals surface area (Å²) in [4.78, 5) is 21.9. The van der Waals surface area contributed by atoms with Crippen LogP contribution in [0.3, 0.4) is 0 Å². The highest BCUT2D eigenvalue weighted by atomic mass is 16.6. The highest BCUT2D eigenvalue weighted by Gasteiger charge is 2.63. The third kappa shape index (κ3) is 4.08. The maximum atomic E-state index is 13.5. The molecule has 0 N–H and O–H groups in total. The molecule has 184 valence electrons. The summed E-state index contributed by atoms with van der Waals surface area (Å²) < 4.78 is 11.6. The third-order valence-electron chi connectivity index (χ3n) is 7.81. The molecule has 3 heterocycles. The van der Waals surface area contributed by atoms with Crippen molar-refractivity contribution in [1.29, 1.82) is 5.26 Å². The fraction of sp³-hybridized carbons (Fsp3) is 0.345. The normalized spacial score (nSPS) is 21.2. The number of likely N-dealkylation sites (tertiary alicyclic amines) is 1. The Bertz CT molecular complexity index is 1280. The molecule has 1 spiro atoms. The number of benzene rings is 2. The van der Waals surface area contributed by atoms with Gasteiger partial charge in [0.25, 0.3) is 0 Å².